The van der Waals surface area contributed by atoms with Crippen LogP contribution < -0.4 is 0 Å². The zero-order valence-corrected chi connectivity index (χ0v) is 9.28. The highest BCUT2D eigenvalue weighted by molar-refractivity contribution is 5.05. The summed E-state index contributed by atoms with van der Waals surface area (Å²) in [5, 5.41) is 7.11. The zero-order chi connectivity index (χ0) is 10.5. The van der Waals surface area contributed by atoms with Crippen LogP contribution in [0, 0.1) is 0 Å². The van der Waals surface area contributed by atoms with E-state index in [1.54, 1.807) is 7.11 Å². The lowest BCUT2D eigenvalue weighted by atomic mass is 9.99. The Kier molecular flexibility index (Phi) is 3.75. The Hall–Kier alpha value is -0.870. The van der Waals surface area contributed by atoms with E-state index < -0.39 is 0 Å². The number of ether oxygens (including phenoxy) is 1. The summed E-state index contributed by atoms with van der Waals surface area (Å²) in [5.74, 6) is 0. The third-order valence-corrected chi connectivity index (χ3v) is 3.08. The third-order valence-electron chi connectivity index (χ3n) is 3.08. The van der Waals surface area contributed by atoms with Gasteiger partial charge in [-0.25, -0.2) is 0 Å². The van der Waals surface area contributed by atoms with E-state index in [1.165, 1.54) is 31.5 Å². The molecule has 1 aliphatic heterocycles. The van der Waals surface area contributed by atoms with Crippen LogP contribution in [0.1, 0.15) is 31.0 Å². The van der Waals surface area contributed by atoms with Crippen molar-refractivity contribution in [2.24, 2.45) is 0 Å². The summed E-state index contributed by atoms with van der Waals surface area (Å²) in [6.45, 7) is 3.00. The highest BCUT2D eigenvalue weighted by Crippen LogP contribution is 2.28. The van der Waals surface area contributed by atoms with Gasteiger partial charge >= 0.3 is 0 Å². The molecule has 1 N–H and O–H groups in total. The molecule has 0 aliphatic carbocycles. The van der Waals surface area contributed by atoms with Crippen LogP contribution in [0.4, 0.5) is 0 Å². The number of nitrogens with one attached hydrogen (secondary N) is 1. The number of aromatic amines is 1. The normalized spacial score (nSPS) is 23.1. The standard InChI is InChI=1S/C11H19N3O/c1-15-9-8-14-7-3-2-4-11(14)10-5-6-12-13-10/h5-6,11H,2-4,7-9H2,1H3,(H,12,13)/t11-/m1/s1. The Bertz CT molecular complexity index is 273. The first-order valence-corrected chi connectivity index (χ1v) is 5.64. The zero-order valence-electron chi connectivity index (χ0n) is 9.28. The van der Waals surface area contributed by atoms with Crippen molar-refractivity contribution < 1.29 is 4.74 Å². The minimum atomic E-state index is 0.511. The van der Waals surface area contributed by atoms with E-state index in [9.17, 15) is 0 Å². The average Bonchev–Trinajstić information content (AvgIpc) is 2.80. The van der Waals surface area contributed by atoms with Gasteiger partial charge in [0.1, 0.15) is 0 Å². The number of aromatic nitrogens is 2. The Morgan fingerprint density at radius 3 is 3.27 bits per heavy atom. The van der Waals surface area contributed by atoms with Gasteiger partial charge in [-0.2, -0.15) is 5.10 Å². The van der Waals surface area contributed by atoms with E-state index in [-0.39, 0.29) is 0 Å². The van der Waals surface area contributed by atoms with E-state index in [1.807, 2.05) is 6.20 Å². The van der Waals surface area contributed by atoms with Gasteiger partial charge in [0.05, 0.1) is 18.3 Å². The molecule has 15 heavy (non-hydrogen) atoms. The fourth-order valence-corrected chi connectivity index (χ4v) is 2.27. The highest BCUT2D eigenvalue weighted by atomic mass is 16.5. The molecule has 0 radical (unpaired) electrons. The van der Waals surface area contributed by atoms with E-state index in [0.29, 0.717) is 6.04 Å². The van der Waals surface area contributed by atoms with Crippen LogP contribution in [0.5, 0.6) is 0 Å². The van der Waals surface area contributed by atoms with Crippen LogP contribution in [-0.4, -0.2) is 41.9 Å². The fourth-order valence-electron chi connectivity index (χ4n) is 2.27. The minimum Gasteiger partial charge on any atom is -0.383 e. The maximum absolute atomic E-state index is 5.14. The smallest absolute Gasteiger partial charge is 0.0589 e. The number of rotatable bonds is 4. The van der Waals surface area contributed by atoms with Gasteiger partial charge in [-0.15, -0.1) is 0 Å². The van der Waals surface area contributed by atoms with Gasteiger partial charge in [-0.1, -0.05) is 6.42 Å². The van der Waals surface area contributed by atoms with Crippen LogP contribution in [0.15, 0.2) is 12.3 Å². The van der Waals surface area contributed by atoms with Crippen molar-refractivity contribution in [1.82, 2.24) is 15.1 Å². The first-order chi connectivity index (χ1) is 7.42. The van der Waals surface area contributed by atoms with Gasteiger partial charge in [-0.05, 0) is 25.5 Å². The number of hydrogen-bond donors (Lipinski definition) is 1. The molecule has 1 aromatic heterocycles. The number of nitrogens with zero attached hydrogens (tertiary/aromatic N) is 2. The van der Waals surface area contributed by atoms with Crippen LogP contribution in [-0.2, 0) is 4.74 Å². The van der Waals surface area contributed by atoms with Crippen molar-refractivity contribution >= 4 is 0 Å². The van der Waals surface area contributed by atoms with Gasteiger partial charge < -0.3 is 4.74 Å². The lowest BCUT2D eigenvalue weighted by Gasteiger charge is -2.34. The van der Waals surface area contributed by atoms with Crippen molar-refractivity contribution in [2.45, 2.75) is 25.3 Å². The fraction of sp³-hybridized carbons (Fsp3) is 0.727. The molecule has 2 heterocycles. The minimum absolute atomic E-state index is 0.511. The molecule has 1 aliphatic rings. The lowest BCUT2D eigenvalue weighted by molar-refractivity contribution is 0.0942. The van der Waals surface area contributed by atoms with Gasteiger partial charge in [0.2, 0.25) is 0 Å². The van der Waals surface area contributed by atoms with E-state index in [0.717, 1.165) is 13.2 Å². The maximum atomic E-state index is 5.14. The quantitative estimate of drug-likeness (QED) is 0.818. The SMILES string of the molecule is COCCN1CCCC[C@@H]1c1ccn[nH]1. The number of likely N-dealkylation sites (tertiary alicyclic amines) is 1. The molecule has 2 rings (SSSR count). The van der Waals surface area contributed by atoms with E-state index >= 15 is 0 Å². The monoisotopic (exact) mass is 209 g/mol. The Morgan fingerprint density at radius 1 is 1.60 bits per heavy atom. The first-order valence-electron chi connectivity index (χ1n) is 5.64. The van der Waals surface area contributed by atoms with Gasteiger partial charge in [-0.3, -0.25) is 10.00 Å². The number of H-pyrrole nitrogens is 1. The van der Waals surface area contributed by atoms with Gasteiger partial charge in [0.15, 0.2) is 0 Å². The summed E-state index contributed by atoms with van der Waals surface area (Å²) in [5.41, 5.74) is 1.24. The summed E-state index contributed by atoms with van der Waals surface area (Å²) in [6, 6.07) is 2.59. The predicted octanol–water partition coefficient (Wildman–Crippen LogP) is 1.58. The first kappa shape index (κ1) is 10.6. The summed E-state index contributed by atoms with van der Waals surface area (Å²) < 4.78 is 5.14. The van der Waals surface area contributed by atoms with Crippen molar-refractivity contribution in [3.63, 3.8) is 0 Å². The molecule has 1 aromatic rings. The number of hydrogen-bond acceptors (Lipinski definition) is 3. The summed E-state index contributed by atoms with van der Waals surface area (Å²) >= 11 is 0. The number of piperidine rings is 1. The summed E-state index contributed by atoms with van der Waals surface area (Å²) in [6.07, 6.45) is 5.67. The van der Waals surface area contributed by atoms with Crippen LogP contribution in [0.25, 0.3) is 0 Å². The molecular weight excluding hydrogens is 190 g/mol. The molecular formula is C11H19N3O. The molecule has 0 aromatic carbocycles. The number of methoxy groups -OCH3 is 1. The molecule has 0 spiro atoms. The van der Waals surface area contributed by atoms with Crippen molar-refractivity contribution in [3.8, 4) is 0 Å². The second-order valence-electron chi connectivity index (χ2n) is 4.05. The Morgan fingerprint density at radius 2 is 2.53 bits per heavy atom. The molecule has 4 nitrogen and oxygen atoms in total. The second-order valence-corrected chi connectivity index (χ2v) is 4.05. The Labute approximate surface area is 90.6 Å². The molecule has 1 saturated heterocycles. The molecule has 1 atom stereocenters. The van der Waals surface area contributed by atoms with Crippen molar-refractivity contribution in [2.75, 3.05) is 26.8 Å². The predicted molar refractivity (Wildman–Crippen MR) is 58.6 cm³/mol. The molecule has 0 unspecified atom stereocenters. The topological polar surface area (TPSA) is 41.1 Å². The Balaban J connectivity index is 1.99. The molecule has 0 amide bonds. The van der Waals surface area contributed by atoms with Crippen LogP contribution in [0.3, 0.4) is 0 Å². The van der Waals surface area contributed by atoms with Crippen molar-refractivity contribution in [3.05, 3.63) is 18.0 Å². The average molecular weight is 209 g/mol. The third kappa shape index (κ3) is 2.58. The molecule has 0 saturated carbocycles. The molecule has 84 valence electrons. The largest absolute Gasteiger partial charge is 0.383 e. The maximum Gasteiger partial charge on any atom is 0.0589 e. The molecule has 4 heteroatoms. The van der Waals surface area contributed by atoms with Gasteiger partial charge in [0, 0.05) is 19.9 Å². The van der Waals surface area contributed by atoms with Gasteiger partial charge in [0.25, 0.3) is 0 Å². The molecule has 0 bridgehead atoms. The van der Waals surface area contributed by atoms with Crippen molar-refractivity contribution in [1.29, 1.82) is 0 Å². The highest BCUT2D eigenvalue weighted by Gasteiger charge is 2.24. The summed E-state index contributed by atoms with van der Waals surface area (Å²) in [4.78, 5) is 2.49. The van der Waals surface area contributed by atoms with Crippen LogP contribution in [0.2, 0.25) is 0 Å². The van der Waals surface area contributed by atoms with E-state index in [4.69, 9.17) is 4.74 Å². The molecule has 1 fully saturated rings. The lowest BCUT2D eigenvalue weighted by Crippen LogP contribution is -2.36. The second kappa shape index (κ2) is 5.28. The van der Waals surface area contributed by atoms with E-state index in [2.05, 4.69) is 21.2 Å². The van der Waals surface area contributed by atoms with Crippen LogP contribution >= 0.6 is 0 Å². The summed E-state index contributed by atoms with van der Waals surface area (Å²) in [7, 11) is 1.76.